The second-order valence-corrected chi connectivity index (χ2v) is 10.7. The van der Waals surface area contributed by atoms with Crippen LogP contribution in [0.5, 0.6) is 0 Å². The topological polar surface area (TPSA) is 66.5 Å². The average Bonchev–Trinajstić information content (AvgIpc) is 3.38. The van der Waals surface area contributed by atoms with E-state index in [0.29, 0.717) is 18.7 Å². The number of thiophene rings is 1. The molecule has 2 heterocycles. The molecule has 0 spiro atoms. The third-order valence-corrected chi connectivity index (χ3v) is 8.16. The Morgan fingerprint density at radius 1 is 1.13 bits per heavy atom. The van der Waals surface area contributed by atoms with Gasteiger partial charge in [0.15, 0.2) is 0 Å². The highest BCUT2D eigenvalue weighted by Gasteiger charge is 2.34. The number of rotatable bonds is 6. The van der Waals surface area contributed by atoms with Crippen molar-refractivity contribution in [2.75, 3.05) is 19.6 Å². The summed E-state index contributed by atoms with van der Waals surface area (Å²) in [6.07, 6.45) is -2.88. The minimum atomic E-state index is -4.45. The van der Waals surface area contributed by atoms with Crippen molar-refractivity contribution in [2.45, 2.75) is 43.2 Å². The highest BCUT2D eigenvalue weighted by molar-refractivity contribution is 7.89. The van der Waals surface area contributed by atoms with Gasteiger partial charge in [-0.15, -0.1) is 11.3 Å². The van der Waals surface area contributed by atoms with Crippen LogP contribution < -0.4 is 5.32 Å². The largest absolute Gasteiger partial charge is 0.416 e. The summed E-state index contributed by atoms with van der Waals surface area (Å²) in [4.78, 5) is 12.8. The zero-order valence-electron chi connectivity index (χ0n) is 16.6. The lowest BCUT2D eigenvalue weighted by Crippen LogP contribution is -2.37. The minimum Gasteiger partial charge on any atom is -0.350 e. The first kappa shape index (κ1) is 22.8. The van der Waals surface area contributed by atoms with E-state index in [9.17, 15) is 26.4 Å². The molecule has 0 bridgehead atoms. The zero-order chi connectivity index (χ0) is 22.2. The van der Waals surface area contributed by atoms with Crippen LogP contribution >= 0.6 is 11.3 Å². The molecular weight excluding hydrogens is 437 g/mol. The molecule has 10 heteroatoms. The fourth-order valence-corrected chi connectivity index (χ4v) is 6.17. The first-order valence-corrected chi connectivity index (χ1v) is 11.8. The second kappa shape index (κ2) is 8.32. The number of alkyl halides is 3. The lowest BCUT2D eigenvalue weighted by atomic mass is 9.83. The summed E-state index contributed by atoms with van der Waals surface area (Å²) < 4.78 is 66.0. The maximum absolute atomic E-state index is 13.0. The monoisotopic (exact) mass is 460 g/mol. The molecule has 5 nitrogen and oxygen atoms in total. The molecule has 0 radical (unpaired) electrons. The van der Waals surface area contributed by atoms with Crippen LogP contribution in [0.25, 0.3) is 0 Å². The van der Waals surface area contributed by atoms with E-state index in [1.807, 2.05) is 0 Å². The highest BCUT2D eigenvalue weighted by Crippen LogP contribution is 2.33. The predicted molar refractivity (Wildman–Crippen MR) is 109 cm³/mol. The van der Waals surface area contributed by atoms with Gasteiger partial charge in [-0.25, -0.2) is 8.42 Å². The number of amides is 1. The van der Waals surface area contributed by atoms with Gasteiger partial charge in [-0.05, 0) is 35.9 Å². The summed E-state index contributed by atoms with van der Waals surface area (Å²) in [6.45, 7) is 4.36. The first-order valence-electron chi connectivity index (χ1n) is 9.46. The number of hydrogen-bond donors (Lipinski definition) is 1. The van der Waals surface area contributed by atoms with Crippen molar-refractivity contribution >= 4 is 27.3 Å². The van der Waals surface area contributed by atoms with E-state index in [1.165, 1.54) is 16.4 Å². The van der Waals surface area contributed by atoms with Gasteiger partial charge in [0.1, 0.15) is 9.77 Å². The van der Waals surface area contributed by atoms with Crippen LogP contribution in [-0.4, -0.2) is 38.3 Å². The van der Waals surface area contributed by atoms with Crippen LogP contribution in [0.3, 0.4) is 0 Å². The Morgan fingerprint density at radius 2 is 1.77 bits per heavy atom. The average molecular weight is 461 g/mol. The normalized spacial score (nSPS) is 16.0. The molecule has 1 saturated heterocycles. The van der Waals surface area contributed by atoms with Gasteiger partial charge in [-0.3, -0.25) is 4.79 Å². The molecule has 0 aliphatic carbocycles. The van der Waals surface area contributed by atoms with Crippen LogP contribution in [0, 0.1) is 0 Å². The third kappa shape index (κ3) is 4.70. The molecule has 164 valence electrons. The lowest BCUT2D eigenvalue weighted by Gasteiger charge is -2.26. The van der Waals surface area contributed by atoms with Gasteiger partial charge in [-0.2, -0.15) is 17.5 Å². The smallest absolute Gasteiger partial charge is 0.350 e. The number of sulfonamides is 1. The maximum atomic E-state index is 13.0. The van der Waals surface area contributed by atoms with Gasteiger partial charge >= 0.3 is 6.18 Å². The zero-order valence-corrected chi connectivity index (χ0v) is 18.3. The molecule has 0 atom stereocenters. The van der Waals surface area contributed by atoms with Gasteiger partial charge in [-0.1, -0.05) is 32.0 Å². The third-order valence-electron chi connectivity index (χ3n) is 5.18. The van der Waals surface area contributed by atoms with Crippen LogP contribution in [0.1, 0.15) is 47.5 Å². The van der Waals surface area contributed by atoms with Crippen molar-refractivity contribution in [1.82, 2.24) is 9.62 Å². The quantitative estimate of drug-likeness (QED) is 0.701. The summed E-state index contributed by atoms with van der Waals surface area (Å²) in [6, 6.07) is 6.41. The molecule has 1 aliphatic heterocycles. The molecule has 30 heavy (non-hydrogen) atoms. The molecule has 0 saturated carbocycles. The number of carbonyl (C=O) groups excluding carboxylic acids is 1. The van der Waals surface area contributed by atoms with E-state index in [2.05, 4.69) is 5.32 Å². The summed E-state index contributed by atoms with van der Waals surface area (Å²) >= 11 is 1.03. The summed E-state index contributed by atoms with van der Waals surface area (Å²) in [7, 11) is -3.74. The van der Waals surface area contributed by atoms with E-state index in [1.54, 1.807) is 25.3 Å². The van der Waals surface area contributed by atoms with Crippen LogP contribution in [0.4, 0.5) is 13.2 Å². The Hall–Kier alpha value is -1.91. The Morgan fingerprint density at radius 3 is 2.40 bits per heavy atom. The van der Waals surface area contributed by atoms with E-state index in [0.717, 1.165) is 36.3 Å². The van der Waals surface area contributed by atoms with E-state index in [4.69, 9.17) is 0 Å². The molecule has 1 N–H and O–H groups in total. The van der Waals surface area contributed by atoms with E-state index < -0.39 is 33.1 Å². The van der Waals surface area contributed by atoms with Crippen molar-refractivity contribution in [3.8, 4) is 0 Å². The summed E-state index contributed by atoms with van der Waals surface area (Å²) in [5.41, 5.74) is -1.12. The number of carbonyl (C=O) groups is 1. The van der Waals surface area contributed by atoms with Crippen molar-refractivity contribution in [1.29, 1.82) is 0 Å². The van der Waals surface area contributed by atoms with Crippen molar-refractivity contribution < 1.29 is 26.4 Å². The summed E-state index contributed by atoms with van der Waals surface area (Å²) in [5, 5.41) is 4.24. The summed E-state index contributed by atoms with van der Waals surface area (Å²) in [5.74, 6) is -0.553. The number of benzene rings is 1. The van der Waals surface area contributed by atoms with Crippen LogP contribution in [0.2, 0.25) is 0 Å². The van der Waals surface area contributed by atoms with Crippen molar-refractivity contribution in [3.05, 3.63) is 51.7 Å². The Kier molecular flexibility index (Phi) is 6.31. The molecule has 3 rings (SSSR count). The van der Waals surface area contributed by atoms with Gasteiger partial charge < -0.3 is 5.32 Å². The molecule has 0 unspecified atom stereocenters. The Labute approximate surface area is 178 Å². The number of halogens is 3. The van der Waals surface area contributed by atoms with E-state index in [-0.39, 0.29) is 16.3 Å². The minimum absolute atomic E-state index is 0.0243. The van der Waals surface area contributed by atoms with E-state index >= 15 is 0 Å². The molecule has 1 aromatic carbocycles. The van der Waals surface area contributed by atoms with Gasteiger partial charge in [0, 0.05) is 25.0 Å². The molecular formula is C20H23F3N2O3S2. The number of nitrogens with one attached hydrogen (secondary N) is 1. The van der Waals surface area contributed by atoms with Crippen molar-refractivity contribution in [2.24, 2.45) is 0 Å². The SMILES string of the molecule is CC(C)(CNC(=O)c1sccc1S(=O)(=O)N1CCCC1)c1cccc(C(F)(F)F)c1. The fourth-order valence-electron chi connectivity index (χ4n) is 3.33. The Bertz CT molecular complexity index is 1020. The van der Waals surface area contributed by atoms with Crippen LogP contribution in [-0.2, 0) is 21.6 Å². The Balaban J connectivity index is 1.76. The first-order chi connectivity index (χ1) is 13.9. The van der Waals surface area contributed by atoms with Gasteiger partial charge in [0.05, 0.1) is 5.56 Å². The molecule has 1 aliphatic rings. The van der Waals surface area contributed by atoms with Gasteiger partial charge in [0.2, 0.25) is 10.0 Å². The predicted octanol–water partition coefficient (Wildman–Crippen LogP) is 4.26. The fraction of sp³-hybridized carbons (Fsp3) is 0.450. The number of nitrogens with zero attached hydrogens (tertiary/aromatic N) is 1. The highest BCUT2D eigenvalue weighted by atomic mass is 32.2. The van der Waals surface area contributed by atoms with Crippen LogP contribution in [0.15, 0.2) is 40.6 Å². The second-order valence-electron chi connectivity index (χ2n) is 7.87. The standard InChI is InChI=1S/C20H23F3N2O3S2/c1-19(2,14-6-5-7-15(12-14)20(21,22)23)13-24-18(26)17-16(8-11-29-17)30(27,28)25-9-3-4-10-25/h5-8,11-12H,3-4,9-10,13H2,1-2H3,(H,24,26). The lowest BCUT2D eigenvalue weighted by molar-refractivity contribution is -0.137. The maximum Gasteiger partial charge on any atom is 0.416 e. The molecule has 1 fully saturated rings. The molecule has 2 aromatic rings. The number of hydrogen-bond acceptors (Lipinski definition) is 4. The van der Waals surface area contributed by atoms with Gasteiger partial charge in [0.25, 0.3) is 5.91 Å². The van der Waals surface area contributed by atoms with Crippen molar-refractivity contribution in [3.63, 3.8) is 0 Å². The molecule has 1 aromatic heterocycles. The molecule has 1 amide bonds.